The van der Waals surface area contributed by atoms with Gasteiger partial charge < -0.3 is 9.30 Å². The number of nitrogens with zero attached hydrogens (tertiary/aromatic N) is 4. The average molecular weight is 431 g/mol. The lowest BCUT2D eigenvalue weighted by Crippen LogP contribution is -2.15. The third kappa shape index (κ3) is 5.15. The molecule has 0 bridgehead atoms. The molecule has 0 amide bonds. The molecule has 1 heterocycles. The Labute approximate surface area is 178 Å². The fraction of sp³-hybridized carbons (Fsp3) is 0.333. The molecular weight excluding hydrogens is 407 g/mol. The Hall–Kier alpha value is -2.94. The van der Waals surface area contributed by atoms with Crippen LogP contribution in [0.5, 0.6) is 5.75 Å². The van der Waals surface area contributed by atoms with E-state index in [2.05, 4.69) is 24.0 Å². The van der Waals surface area contributed by atoms with Gasteiger partial charge in [-0.2, -0.15) is 0 Å². The molecule has 7 nitrogen and oxygen atoms in total. The number of nitro groups is 1. The summed E-state index contributed by atoms with van der Waals surface area (Å²) < 4.78 is 21.7. The van der Waals surface area contributed by atoms with E-state index in [4.69, 9.17) is 4.74 Å². The second-order valence-corrected chi connectivity index (χ2v) is 8.15. The van der Waals surface area contributed by atoms with E-state index in [-0.39, 0.29) is 16.4 Å². The Morgan fingerprint density at radius 3 is 2.53 bits per heavy atom. The first-order valence-corrected chi connectivity index (χ1v) is 10.5. The van der Waals surface area contributed by atoms with E-state index in [0.717, 1.165) is 0 Å². The van der Waals surface area contributed by atoms with Gasteiger partial charge in [0.15, 0.2) is 28.7 Å². The van der Waals surface area contributed by atoms with Crippen LogP contribution >= 0.6 is 11.8 Å². The molecule has 158 valence electrons. The normalized spacial score (nSPS) is 12.2. The Balaban J connectivity index is 1.83. The predicted octanol–water partition coefficient (Wildman–Crippen LogP) is 5.41. The van der Waals surface area contributed by atoms with Gasteiger partial charge in [-0.15, -0.1) is 10.2 Å². The maximum atomic E-state index is 14.0. The van der Waals surface area contributed by atoms with Crippen molar-refractivity contribution >= 4 is 17.4 Å². The van der Waals surface area contributed by atoms with E-state index in [9.17, 15) is 14.5 Å². The van der Waals surface area contributed by atoms with Crippen LogP contribution in [0, 0.1) is 21.8 Å². The van der Waals surface area contributed by atoms with Crippen molar-refractivity contribution < 1.29 is 14.1 Å². The quantitative estimate of drug-likeness (QED) is 0.256. The summed E-state index contributed by atoms with van der Waals surface area (Å²) in [6.07, 6.45) is -0.520. The van der Waals surface area contributed by atoms with E-state index in [1.807, 2.05) is 4.57 Å². The molecule has 0 spiro atoms. The number of para-hydroxylation sites is 2. The third-order valence-electron chi connectivity index (χ3n) is 4.34. The summed E-state index contributed by atoms with van der Waals surface area (Å²) in [6, 6.07) is 12.9. The van der Waals surface area contributed by atoms with Gasteiger partial charge in [-0.25, -0.2) is 4.39 Å². The number of thioether (sulfide) groups is 1. The van der Waals surface area contributed by atoms with Gasteiger partial charge in [0.2, 0.25) is 0 Å². The number of aromatic nitrogens is 3. The van der Waals surface area contributed by atoms with E-state index in [1.54, 1.807) is 43.3 Å². The molecule has 3 aromatic rings. The zero-order valence-corrected chi connectivity index (χ0v) is 17.8. The van der Waals surface area contributed by atoms with Crippen LogP contribution in [0.3, 0.4) is 0 Å². The van der Waals surface area contributed by atoms with Crippen molar-refractivity contribution in [2.45, 2.75) is 44.3 Å². The second kappa shape index (κ2) is 9.71. The first kappa shape index (κ1) is 21.8. The van der Waals surface area contributed by atoms with Crippen LogP contribution in [0.15, 0.2) is 53.7 Å². The second-order valence-electron chi connectivity index (χ2n) is 7.21. The van der Waals surface area contributed by atoms with Gasteiger partial charge in [0.25, 0.3) is 5.69 Å². The summed E-state index contributed by atoms with van der Waals surface area (Å²) in [5.41, 5.74) is 0.695. The van der Waals surface area contributed by atoms with Crippen LogP contribution < -0.4 is 4.74 Å². The van der Waals surface area contributed by atoms with Gasteiger partial charge in [0.05, 0.1) is 4.92 Å². The van der Waals surface area contributed by atoms with Crippen LogP contribution in [0.1, 0.15) is 38.3 Å². The molecule has 0 N–H and O–H groups in total. The third-order valence-corrected chi connectivity index (χ3v) is 5.36. The van der Waals surface area contributed by atoms with Gasteiger partial charge in [-0.3, -0.25) is 10.1 Å². The number of ether oxygens (including phenoxy) is 1. The van der Waals surface area contributed by atoms with Crippen molar-refractivity contribution in [1.82, 2.24) is 14.8 Å². The number of nitro benzene ring substituents is 1. The van der Waals surface area contributed by atoms with Gasteiger partial charge in [0, 0.05) is 23.9 Å². The zero-order chi connectivity index (χ0) is 21.7. The summed E-state index contributed by atoms with van der Waals surface area (Å²) in [5.74, 6) is 0.988. The van der Waals surface area contributed by atoms with Crippen molar-refractivity contribution in [2.24, 2.45) is 5.92 Å². The fourth-order valence-corrected chi connectivity index (χ4v) is 3.93. The summed E-state index contributed by atoms with van der Waals surface area (Å²) in [7, 11) is 0. The van der Waals surface area contributed by atoms with E-state index in [0.29, 0.717) is 34.8 Å². The summed E-state index contributed by atoms with van der Waals surface area (Å²) in [6.45, 7) is 6.58. The van der Waals surface area contributed by atoms with Crippen molar-refractivity contribution in [3.05, 3.63) is 75.9 Å². The smallest absolute Gasteiger partial charge is 0.273 e. The zero-order valence-electron chi connectivity index (χ0n) is 17.0. The molecule has 1 aromatic heterocycles. The van der Waals surface area contributed by atoms with E-state index < -0.39 is 11.9 Å². The maximum absolute atomic E-state index is 14.0. The van der Waals surface area contributed by atoms with Crippen LogP contribution in [0.4, 0.5) is 10.1 Å². The Morgan fingerprint density at radius 1 is 1.13 bits per heavy atom. The molecule has 0 aliphatic rings. The molecule has 9 heteroatoms. The van der Waals surface area contributed by atoms with E-state index >= 15 is 0 Å². The number of rotatable bonds is 9. The number of halogens is 1. The Bertz CT molecular complexity index is 1020. The first-order valence-electron chi connectivity index (χ1n) is 9.56. The van der Waals surface area contributed by atoms with Gasteiger partial charge >= 0.3 is 0 Å². The molecule has 0 aliphatic carbocycles. The van der Waals surface area contributed by atoms with Gasteiger partial charge in [-0.05, 0) is 25.0 Å². The van der Waals surface area contributed by atoms with Crippen molar-refractivity contribution in [2.75, 3.05) is 0 Å². The Kier molecular flexibility index (Phi) is 7.04. The minimum absolute atomic E-state index is 0.0800. The monoisotopic (exact) mass is 430 g/mol. The van der Waals surface area contributed by atoms with Gasteiger partial charge in [-0.1, -0.05) is 55.9 Å². The average Bonchev–Trinajstić information content (AvgIpc) is 3.10. The van der Waals surface area contributed by atoms with E-state index in [1.165, 1.54) is 23.9 Å². The molecule has 3 rings (SSSR count). The lowest BCUT2D eigenvalue weighted by atomic mass is 10.2. The summed E-state index contributed by atoms with van der Waals surface area (Å²) in [5, 5.41) is 20.4. The lowest BCUT2D eigenvalue weighted by molar-refractivity contribution is -0.385. The number of hydrogen-bond acceptors (Lipinski definition) is 6. The minimum Gasteiger partial charge on any atom is -0.480 e. The van der Waals surface area contributed by atoms with Crippen LogP contribution in [-0.4, -0.2) is 19.7 Å². The largest absolute Gasteiger partial charge is 0.480 e. The molecule has 0 radical (unpaired) electrons. The SMILES string of the molecule is CC(C)Cn1c(SCc2ccccc2[N+](=O)[O-])nnc1C(C)Oc1ccccc1F. The van der Waals surface area contributed by atoms with Crippen molar-refractivity contribution in [3.8, 4) is 5.75 Å². The highest BCUT2D eigenvalue weighted by atomic mass is 32.2. The Morgan fingerprint density at radius 2 is 1.83 bits per heavy atom. The molecule has 1 unspecified atom stereocenters. The van der Waals surface area contributed by atoms with Crippen molar-refractivity contribution in [1.29, 1.82) is 0 Å². The van der Waals surface area contributed by atoms with Crippen molar-refractivity contribution in [3.63, 3.8) is 0 Å². The standard InChI is InChI=1S/C21H23FN4O3S/c1-14(2)12-25-20(15(3)29-19-11-7-5-9-17(19)22)23-24-21(25)30-13-16-8-4-6-10-18(16)26(27)28/h4-11,14-15H,12-13H2,1-3H3. The first-order chi connectivity index (χ1) is 14.4. The molecule has 30 heavy (non-hydrogen) atoms. The van der Waals surface area contributed by atoms with Gasteiger partial charge in [0.1, 0.15) is 0 Å². The molecule has 0 saturated carbocycles. The predicted molar refractivity (Wildman–Crippen MR) is 113 cm³/mol. The summed E-state index contributed by atoms with van der Waals surface area (Å²) >= 11 is 1.38. The molecule has 1 atom stereocenters. The molecule has 0 fully saturated rings. The fourth-order valence-electron chi connectivity index (χ4n) is 2.98. The topological polar surface area (TPSA) is 83.1 Å². The van der Waals surface area contributed by atoms with Crippen LogP contribution in [-0.2, 0) is 12.3 Å². The highest BCUT2D eigenvalue weighted by Crippen LogP contribution is 2.30. The summed E-state index contributed by atoms with van der Waals surface area (Å²) in [4.78, 5) is 10.9. The molecular formula is C21H23FN4O3S. The molecule has 2 aromatic carbocycles. The minimum atomic E-state index is -0.520. The van der Waals surface area contributed by atoms with Crippen LogP contribution in [0.25, 0.3) is 0 Å². The van der Waals surface area contributed by atoms with Crippen LogP contribution in [0.2, 0.25) is 0 Å². The highest BCUT2D eigenvalue weighted by Gasteiger charge is 2.22. The molecule has 0 saturated heterocycles. The number of benzene rings is 2. The highest BCUT2D eigenvalue weighted by molar-refractivity contribution is 7.98. The number of hydrogen-bond donors (Lipinski definition) is 0. The maximum Gasteiger partial charge on any atom is 0.273 e. The molecule has 0 aliphatic heterocycles. The lowest BCUT2D eigenvalue weighted by Gasteiger charge is -2.18.